The molecule has 0 aliphatic rings. The van der Waals surface area contributed by atoms with Crippen molar-refractivity contribution < 1.29 is 9.13 Å². The molecule has 0 atom stereocenters. The maximum atomic E-state index is 12.9. The lowest BCUT2D eigenvalue weighted by Gasteiger charge is -2.05. The van der Waals surface area contributed by atoms with E-state index in [-0.39, 0.29) is 12.4 Å². The molecule has 0 aliphatic carbocycles. The van der Waals surface area contributed by atoms with Gasteiger partial charge in [0.2, 0.25) is 0 Å². The summed E-state index contributed by atoms with van der Waals surface area (Å²) >= 11 is 5.41. The number of hydrogen-bond acceptors (Lipinski definition) is 2. The molecule has 2 nitrogen and oxygen atoms in total. The Balaban J connectivity index is 2.60. The topological polar surface area (TPSA) is 22.1 Å². The molecule has 0 bridgehead atoms. The Morgan fingerprint density at radius 2 is 2.54 bits per heavy atom. The van der Waals surface area contributed by atoms with Crippen molar-refractivity contribution in [3.05, 3.63) is 35.4 Å². The number of halogens is 2. The molecule has 4 heteroatoms. The van der Waals surface area contributed by atoms with Crippen LogP contribution in [0.15, 0.2) is 29.4 Å². The summed E-state index contributed by atoms with van der Waals surface area (Å²) in [6.07, 6.45) is 1.37. The lowest BCUT2D eigenvalue weighted by atomic mass is 10.4. The summed E-state index contributed by atoms with van der Waals surface area (Å²) in [5.74, 6) is -0.467. The summed E-state index contributed by atoms with van der Waals surface area (Å²) in [6.45, 7) is 2.06. The highest BCUT2D eigenvalue weighted by molar-refractivity contribution is 6.25. The van der Waals surface area contributed by atoms with Crippen molar-refractivity contribution in [1.82, 2.24) is 4.98 Å². The minimum atomic E-state index is -0.607. The van der Waals surface area contributed by atoms with E-state index < -0.39 is 5.95 Å². The van der Waals surface area contributed by atoms with Gasteiger partial charge in [-0.15, -0.1) is 0 Å². The molecule has 1 aromatic rings. The minimum Gasteiger partial charge on any atom is -0.484 e. The van der Waals surface area contributed by atoms with Gasteiger partial charge >= 0.3 is 0 Å². The van der Waals surface area contributed by atoms with Crippen molar-refractivity contribution in [2.75, 3.05) is 6.61 Å². The van der Waals surface area contributed by atoms with E-state index in [2.05, 4.69) is 4.98 Å². The molecule has 0 N–H and O–H groups in total. The maximum Gasteiger partial charge on any atom is 0.255 e. The van der Waals surface area contributed by atoms with Gasteiger partial charge in [0, 0.05) is 11.7 Å². The number of ether oxygens (including phenoxy) is 1. The van der Waals surface area contributed by atoms with Crippen LogP contribution in [0.3, 0.4) is 0 Å². The smallest absolute Gasteiger partial charge is 0.255 e. The summed E-state index contributed by atoms with van der Waals surface area (Å²) in [5.41, 5.74) is 2.22. The van der Waals surface area contributed by atoms with E-state index in [0.29, 0.717) is 0 Å². The molecular formula is C9H9ClFNO. The second kappa shape index (κ2) is 4.82. The number of rotatable bonds is 3. The van der Waals surface area contributed by atoms with E-state index in [0.717, 1.165) is 5.57 Å². The van der Waals surface area contributed by atoms with Crippen molar-refractivity contribution in [1.29, 1.82) is 0 Å². The van der Waals surface area contributed by atoms with Crippen LogP contribution in [0.1, 0.15) is 6.92 Å². The third-order valence-corrected chi connectivity index (χ3v) is 1.74. The molecule has 13 heavy (non-hydrogen) atoms. The molecule has 0 saturated carbocycles. The molecule has 1 heterocycles. The van der Waals surface area contributed by atoms with Crippen LogP contribution in [0.4, 0.5) is 4.39 Å². The van der Waals surface area contributed by atoms with Crippen molar-refractivity contribution in [2.24, 2.45) is 0 Å². The zero-order valence-corrected chi connectivity index (χ0v) is 7.88. The molecule has 0 aliphatic heterocycles. The van der Waals surface area contributed by atoms with Crippen molar-refractivity contribution in [3.8, 4) is 5.75 Å². The molecular weight excluding hydrogens is 193 g/mol. The summed E-state index contributed by atoms with van der Waals surface area (Å²) in [6, 6.07) is 3.13. The van der Waals surface area contributed by atoms with Gasteiger partial charge in [0.05, 0.1) is 0 Å². The fourth-order valence-electron chi connectivity index (χ4n) is 0.702. The van der Waals surface area contributed by atoms with E-state index in [1.807, 2.05) is 0 Å². The van der Waals surface area contributed by atoms with Gasteiger partial charge in [0.15, 0.2) is 5.75 Å². The van der Waals surface area contributed by atoms with Gasteiger partial charge in [0.25, 0.3) is 5.95 Å². The highest BCUT2D eigenvalue weighted by Crippen LogP contribution is 2.13. The zero-order valence-electron chi connectivity index (χ0n) is 7.13. The predicted molar refractivity (Wildman–Crippen MR) is 49.3 cm³/mol. The van der Waals surface area contributed by atoms with Gasteiger partial charge in [-0.1, -0.05) is 11.6 Å². The van der Waals surface area contributed by atoms with Gasteiger partial charge in [-0.25, -0.2) is 4.98 Å². The summed E-state index contributed by atoms with van der Waals surface area (Å²) in [5, 5.41) is 0. The minimum absolute atomic E-state index is 0.139. The Hall–Kier alpha value is -1.09. The van der Waals surface area contributed by atoms with Gasteiger partial charge in [-0.05, 0) is 24.6 Å². The lowest BCUT2D eigenvalue weighted by Crippen LogP contribution is -2.00. The van der Waals surface area contributed by atoms with E-state index in [1.54, 1.807) is 13.0 Å². The maximum absolute atomic E-state index is 12.9. The Labute approximate surface area is 81.0 Å². The standard InChI is InChI=1S/C9H9ClFNO/c1-7(5-10)6-13-8-3-2-4-12-9(8)11/h2-5H,6H2,1H3/b7-5-. The monoisotopic (exact) mass is 201 g/mol. The first kappa shape index (κ1) is 9.99. The van der Waals surface area contributed by atoms with Crippen LogP contribution in [-0.4, -0.2) is 11.6 Å². The number of aromatic nitrogens is 1. The molecule has 0 unspecified atom stereocenters. The van der Waals surface area contributed by atoms with Crippen LogP contribution >= 0.6 is 11.6 Å². The van der Waals surface area contributed by atoms with Crippen LogP contribution in [-0.2, 0) is 0 Å². The highest BCUT2D eigenvalue weighted by atomic mass is 35.5. The molecule has 0 aromatic carbocycles. The van der Waals surface area contributed by atoms with Crippen molar-refractivity contribution in [3.63, 3.8) is 0 Å². The first-order valence-electron chi connectivity index (χ1n) is 3.73. The van der Waals surface area contributed by atoms with E-state index >= 15 is 0 Å². The van der Waals surface area contributed by atoms with Crippen LogP contribution in [0, 0.1) is 5.95 Å². The fraction of sp³-hybridized carbons (Fsp3) is 0.222. The fourth-order valence-corrected chi connectivity index (χ4v) is 0.765. The van der Waals surface area contributed by atoms with E-state index in [9.17, 15) is 4.39 Å². The number of pyridine rings is 1. The van der Waals surface area contributed by atoms with E-state index in [4.69, 9.17) is 16.3 Å². The summed E-state index contributed by atoms with van der Waals surface area (Å²) in [7, 11) is 0. The van der Waals surface area contributed by atoms with Crippen LogP contribution < -0.4 is 4.74 Å². The van der Waals surface area contributed by atoms with Crippen molar-refractivity contribution >= 4 is 11.6 Å². The Morgan fingerprint density at radius 1 is 1.77 bits per heavy atom. The van der Waals surface area contributed by atoms with Crippen LogP contribution in [0.2, 0.25) is 0 Å². The normalized spacial score (nSPS) is 11.5. The molecule has 70 valence electrons. The van der Waals surface area contributed by atoms with Gasteiger partial charge in [0.1, 0.15) is 6.61 Å². The van der Waals surface area contributed by atoms with Gasteiger partial charge in [-0.2, -0.15) is 4.39 Å². The average Bonchev–Trinajstić information content (AvgIpc) is 2.16. The van der Waals surface area contributed by atoms with Crippen LogP contribution in [0.25, 0.3) is 0 Å². The van der Waals surface area contributed by atoms with Gasteiger partial charge in [-0.3, -0.25) is 0 Å². The average molecular weight is 202 g/mol. The SMILES string of the molecule is C/C(=C/Cl)COc1cccnc1F. The Kier molecular flexibility index (Phi) is 3.71. The third-order valence-electron chi connectivity index (χ3n) is 1.37. The molecule has 1 rings (SSSR count). The second-order valence-corrected chi connectivity index (χ2v) is 2.75. The quantitative estimate of drug-likeness (QED) is 0.702. The first-order chi connectivity index (χ1) is 6.24. The molecule has 0 radical (unpaired) electrons. The van der Waals surface area contributed by atoms with Crippen LogP contribution in [0.5, 0.6) is 5.75 Å². The summed E-state index contributed by atoms with van der Waals surface area (Å²) in [4.78, 5) is 3.44. The zero-order chi connectivity index (χ0) is 9.68. The summed E-state index contributed by atoms with van der Waals surface area (Å²) < 4.78 is 18.0. The number of nitrogens with zero attached hydrogens (tertiary/aromatic N) is 1. The second-order valence-electron chi connectivity index (χ2n) is 2.54. The Morgan fingerprint density at radius 3 is 3.15 bits per heavy atom. The largest absolute Gasteiger partial charge is 0.484 e. The Bertz CT molecular complexity index is 314. The molecule has 1 aromatic heterocycles. The third kappa shape index (κ3) is 3.03. The first-order valence-corrected chi connectivity index (χ1v) is 4.17. The molecule has 0 amide bonds. The predicted octanol–water partition coefficient (Wildman–Crippen LogP) is 2.74. The number of hydrogen-bond donors (Lipinski definition) is 0. The van der Waals surface area contributed by atoms with Gasteiger partial charge < -0.3 is 4.74 Å². The van der Waals surface area contributed by atoms with E-state index in [1.165, 1.54) is 17.8 Å². The lowest BCUT2D eigenvalue weighted by molar-refractivity contribution is 0.327. The molecule has 0 saturated heterocycles. The van der Waals surface area contributed by atoms with Crippen molar-refractivity contribution in [2.45, 2.75) is 6.92 Å². The molecule has 0 fully saturated rings. The highest BCUT2D eigenvalue weighted by Gasteiger charge is 2.02. The molecule has 0 spiro atoms.